The van der Waals surface area contributed by atoms with Crippen molar-refractivity contribution in [2.75, 3.05) is 19.4 Å². The number of fused-ring (bicyclic) bond motifs is 1. The van der Waals surface area contributed by atoms with Crippen LogP contribution in [0.4, 0.5) is 0 Å². The van der Waals surface area contributed by atoms with Gasteiger partial charge in [0.15, 0.2) is 0 Å². The fourth-order valence-electron chi connectivity index (χ4n) is 2.70. The van der Waals surface area contributed by atoms with Gasteiger partial charge in [-0.15, -0.1) is 28.7 Å². The topological polar surface area (TPSA) is 49.8 Å². The number of hydrogen-bond donors (Lipinski definition) is 1. The number of aromatic carboxylic acids is 1. The molecule has 128 valence electrons. The SMILES string of the molecule is Br.COc1ccc2c(c1)CN(Cc1ccc(C(=O)O)cc1)CCS2. The lowest BCUT2D eigenvalue weighted by atomic mass is 10.1. The van der Waals surface area contributed by atoms with Crippen molar-refractivity contribution in [3.63, 3.8) is 0 Å². The molecular formula is C18H20BrNO3S. The van der Waals surface area contributed by atoms with Gasteiger partial charge in [-0.3, -0.25) is 4.90 Å². The average Bonchev–Trinajstić information content (AvgIpc) is 2.76. The van der Waals surface area contributed by atoms with Gasteiger partial charge in [-0.05, 0) is 41.5 Å². The Morgan fingerprint density at radius 1 is 1.25 bits per heavy atom. The van der Waals surface area contributed by atoms with Crippen LogP contribution in [-0.2, 0) is 13.1 Å². The van der Waals surface area contributed by atoms with Crippen LogP contribution < -0.4 is 4.74 Å². The van der Waals surface area contributed by atoms with E-state index in [1.54, 1.807) is 19.2 Å². The summed E-state index contributed by atoms with van der Waals surface area (Å²) in [6.07, 6.45) is 0. The van der Waals surface area contributed by atoms with Crippen LogP contribution in [0.25, 0.3) is 0 Å². The van der Waals surface area contributed by atoms with E-state index in [1.165, 1.54) is 10.5 Å². The van der Waals surface area contributed by atoms with E-state index in [0.29, 0.717) is 5.56 Å². The van der Waals surface area contributed by atoms with Gasteiger partial charge in [0.25, 0.3) is 0 Å². The molecule has 1 aliphatic rings. The van der Waals surface area contributed by atoms with E-state index in [0.717, 1.165) is 36.7 Å². The first-order chi connectivity index (χ1) is 11.2. The molecule has 0 aliphatic carbocycles. The predicted molar refractivity (Wildman–Crippen MR) is 102 cm³/mol. The van der Waals surface area contributed by atoms with Crippen molar-refractivity contribution in [2.24, 2.45) is 0 Å². The average molecular weight is 410 g/mol. The minimum atomic E-state index is -0.885. The molecule has 0 bridgehead atoms. The lowest BCUT2D eigenvalue weighted by Gasteiger charge is -2.20. The molecule has 24 heavy (non-hydrogen) atoms. The molecule has 0 amide bonds. The Morgan fingerprint density at radius 3 is 2.67 bits per heavy atom. The normalized spacial score (nSPS) is 14.2. The van der Waals surface area contributed by atoms with Crippen molar-refractivity contribution in [1.29, 1.82) is 0 Å². The molecule has 1 N–H and O–H groups in total. The molecule has 2 aromatic rings. The number of thioether (sulfide) groups is 1. The van der Waals surface area contributed by atoms with Crippen LogP contribution in [-0.4, -0.2) is 35.4 Å². The number of ether oxygens (including phenoxy) is 1. The molecule has 1 aliphatic heterocycles. The number of carboxylic acids is 1. The third-order valence-electron chi connectivity index (χ3n) is 3.93. The number of halogens is 1. The number of carbonyl (C=O) groups is 1. The fourth-order valence-corrected chi connectivity index (χ4v) is 3.74. The van der Waals surface area contributed by atoms with E-state index in [-0.39, 0.29) is 17.0 Å². The number of carboxylic acid groups (broad SMARTS) is 1. The third-order valence-corrected chi connectivity index (χ3v) is 5.03. The Hall–Kier alpha value is -1.50. The summed E-state index contributed by atoms with van der Waals surface area (Å²) in [5, 5.41) is 8.97. The summed E-state index contributed by atoms with van der Waals surface area (Å²) >= 11 is 1.87. The van der Waals surface area contributed by atoms with E-state index in [2.05, 4.69) is 17.0 Å². The number of hydrogen-bond acceptors (Lipinski definition) is 4. The summed E-state index contributed by atoms with van der Waals surface area (Å²) in [4.78, 5) is 14.6. The number of benzene rings is 2. The molecule has 3 rings (SSSR count). The van der Waals surface area contributed by atoms with Crippen LogP contribution in [0.2, 0.25) is 0 Å². The van der Waals surface area contributed by atoms with Gasteiger partial charge in [0, 0.05) is 30.3 Å². The van der Waals surface area contributed by atoms with Crippen LogP contribution in [0.5, 0.6) is 5.75 Å². The van der Waals surface area contributed by atoms with Gasteiger partial charge >= 0.3 is 5.97 Å². The Kier molecular flexibility index (Phi) is 6.71. The van der Waals surface area contributed by atoms with Crippen LogP contribution in [0.3, 0.4) is 0 Å². The van der Waals surface area contributed by atoms with Crippen LogP contribution in [0.15, 0.2) is 47.4 Å². The Morgan fingerprint density at radius 2 is 2.00 bits per heavy atom. The summed E-state index contributed by atoms with van der Waals surface area (Å²) < 4.78 is 5.33. The maximum Gasteiger partial charge on any atom is 0.335 e. The Labute approximate surface area is 156 Å². The molecule has 1 heterocycles. The van der Waals surface area contributed by atoms with Crippen LogP contribution in [0, 0.1) is 0 Å². The first kappa shape index (κ1) is 18.8. The van der Waals surface area contributed by atoms with Crippen molar-refractivity contribution in [2.45, 2.75) is 18.0 Å². The predicted octanol–water partition coefficient (Wildman–Crippen LogP) is 4.08. The van der Waals surface area contributed by atoms with Gasteiger partial charge in [-0.2, -0.15) is 0 Å². The maximum atomic E-state index is 10.9. The molecule has 0 saturated carbocycles. The molecule has 0 unspecified atom stereocenters. The largest absolute Gasteiger partial charge is 0.497 e. The summed E-state index contributed by atoms with van der Waals surface area (Å²) in [6.45, 7) is 2.69. The Bertz CT molecular complexity index is 706. The number of methoxy groups -OCH3 is 1. The van der Waals surface area contributed by atoms with Crippen molar-refractivity contribution in [1.82, 2.24) is 4.90 Å². The van der Waals surface area contributed by atoms with Crippen molar-refractivity contribution < 1.29 is 14.6 Å². The van der Waals surface area contributed by atoms with Crippen molar-refractivity contribution in [3.05, 3.63) is 59.2 Å². The van der Waals surface area contributed by atoms with E-state index in [4.69, 9.17) is 9.84 Å². The molecule has 0 spiro atoms. The smallest absolute Gasteiger partial charge is 0.335 e. The molecule has 4 nitrogen and oxygen atoms in total. The number of nitrogens with zero attached hydrogens (tertiary/aromatic N) is 1. The van der Waals surface area contributed by atoms with Crippen LogP contribution >= 0.6 is 28.7 Å². The second-order valence-corrected chi connectivity index (χ2v) is 6.67. The second-order valence-electron chi connectivity index (χ2n) is 5.53. The molecule has 6 heteroatoms. The zero-order valence-corrected chi connectivity index (χ0v) is 15.9. The lowest BCUT2D eigenvalue weighted by molar-refractivity contribution is 0.0697. The molecular weight excluding hydrogens is 390 g/mol. The van der Waals surface area contributed by atoms with Crippen molar-refractivity contribution >= 4 is 34.7 Å². The summed E-state index contributed by atoms with van der Waals surface area (Å²) in [5.41, 5.74) is 2.75. The van der Waals surface area contributed by atoms with E-state index >= 15 is 0 Å². The van der Waals surface area contributed by atoms with Crippen molar-refractivity contribution in [3.8, 4) is 5.75 Å². The highest BCUT2D eigenvalue weighted by Crippen LogP contribution is 2.30. The summed E-state index contributed by atoms with van der Waals surface area (Å²) in [5.74, 6) is 1.05. The second kappa shape index (κ2) is 8.55. The molecule has 0 atom stereocenters. The van der Waals surface area contributed by atoms with Gasteiger partial charge in [0.1, 0.15) is 5.75 Å². The molecule has 0 fully saturated rings. The molecule has 0 aromatic heterocycles. The standard InChI is InChI=1S/C18H19NO3S.BrH/c1-22-16-6-7-17-15(10-16)12-19(8-9-23-17)11-13-2-4-14(5-3-13)18(20)21;/h2-7,10H,8-9,11-12H2,1H3,(H,20,21);1H. The fraction of sp³-hybridized carbons (Fsp3) is 0.278. The molecule has 0 saturated heterocycles. The van der Waals surface area contributed by atoms with E-state index in [9.17, 15) is 4.79 Å². The maximum absolute atomic E-state index is 10.9. The van der Waals surface area contributed by atoms with E-state index in [1.807, 2.05) is 30.0 Å². The van der Waals surface area contributed by atoms with Gasteiger partial charge in [-0.25, -0.2) is 4.79 Å². The first-order valence-electron chi connectivity index (χ1n) is 7.50. The molecule has 2 aromatic carbocycles. The third kappa shape index (κ3) is 4.53. The zero-order valence-electron chi connectivity index (χ0n) is 13.4. The van der Waals surface area contributed by atoms with E-state index < -0.39 is 5.97 Å². The Balaban J connectivity index is 0.00000208. The van der Waals surface area contributed by atoms with Gasteiger partial charge in [0.2, 0.25) is 0 Å². The molecule has 0 radical (unpaired) electrons. The quantitative estimate of drug-likeness (QED) is 0.823. The minimum Gasteiger partial charge on any atom is -0.497 e. The van der Waals surface area contributed by atoms with Gasteiger partial charge in [0.05, 0.1) is 12.7 Å². The minimum absolute atomic E-state index is 0. The van der Waals surface area contributed by atoms with Crippen LogP contribution in [0.1, 0.15) is 21.5 Å². The lowest BCUT2D eigenvalue weighted by Crippen LogP contribution is -2.24. The highest BCUT2D eigenvalue weighted by atomic mass is 79.9. The summed E-state index contributed by atoms with van der Waals surface area (Å²) in [6, 6.07) is 13.4. The summed E-state index contributed by atoms with van der Waals surface area (Å²) in [7, 11) is 1.69. The highest BCUT2D eigenvalue weighted by Gasteiger charge is 2.16. The first-order valence-corrected chi connectivity index (χ1v) is 8.48. The zero-order chi connectivity index (χ0) is 16.2. The van der Waals surface area contributed by atoms with Gasteiger partial charge in [-0.1, -0.05) is 12.1 Å². The van der Waals surface area contributed by atoms with Gasteiger partial charge < -0.3 is 9.84 Å². The highest BCUT2D eigenvalue weighted by molar-refractivity contribution is 8.93. The monoisotopic (exact) mass is 409 g/mol. The number of rotatable bonds is 4.